The summed E-state index contributed by atoms with van der Waals surface area (Å²) in [6.45, 7) is 0. The Bertz CT molecular complexity index is 3770. The lowest BCUT2D eigenvalue weighted by atomic mass is 10.0. The Morgan fingerprint density at radius 2 is 0.875 bits per heavy atom. The number of benzene rings is 8. The van der Waals surface area contributed by atoms with Crippen molar-refractivity contribution in [3.05, 3.63) is 200 Å². The summed E-state index contributed by atoms with van der Waals surface area (Å²) in [7, 11) is 0. The zero-order valence-corrected chi connectivity index (χ0v) is 29.5. The Morgan fingerprint density at radius 3 is 1.55 bits per heavy atom. The standard InChI is InChI=1S/C51H33N5/c1-4-15-34(16-5-1)36-27-29-38(30-28-36)50-52-49(37-19-8-3-9-20-37)53-51(54-50)56-46-26-13-11-24-42(46)44-32-31-43-41-23-10-12-25-45(41)55(47(43)48(44)56)40-22-14-21-39(33-40)35-17-6-2-7-18-35/h1-33H/i1D,3D,4D,5D,8D,9D,15D,16D,19D,20D. The monoisotopic (exact) mass is 725 g/mol. The van der Waals surface area contributed by atoms with Gasteiger partial charge in [-0.3, -0.25) is 4.57 Å². The Hall–Kier alpha value is -7.63. The van der Waals surface area contributed by atoms with Crippen LogP contribution in [0, 0.1) is 0 Å². The first kappa shape index (κ1) is 23.2. The fraction of sp³-hybridized carbons (Fsp3) is 0. The van der Waals surface area contributed by atoms with Gasteiger partial charge in [-0.25, -0.2) is 4.98 Å². The number of fused-ring (bicyclic) bond motifs is 7. The number of rotatable bonds is 6. The van der Waals surface area contributed by atoms with Gasteiger partial charge < -0.3 is 4.57 Å². The number of para-hydroxylation sites is 2. The van der Waals surface area contributed by atoms with Gasteiger partial charge in [0, 0.05) is 38.4 Å². The molecule has 0 fully saturated rings. The molecule has 0 amide bonds. The van der Waals surface area contributed by atoms with Gasteiger partial charge >= 0.3 is 0 Å². The van der Waals surface area contributed by atoms with Gasteiger partial charge in [-0.05, 0) is 46.5 Å². The molecule has 0 N–H and O–H groups in total. The van der Waals surface area contributed by atoms with Crippen LogP contribution in [0.4, 0.5) is 0 Å². The van der Waals surface area contributed by atoms with Crippen LogP contribution in [-0.2, 0) is 0 Å². The average Bonchev–Trinajstić information content (AvgIpc) is 3.88. The van der Waals surface area contributed by atoms with Gasteiger partial charge in [0.1, 0.15) is 0 Å². The molecule has 0 aliphatic heterocycles. The fourth-order valence-corrected chi connectivity index (χ4v) is 7.68. The summed E-state index contributed by atoms with van der Waals surface area (Å²) in [5.74, 6) is 0.0598. The first-order valence-corrected chi connectivity index (χ1v) is 18.1. The van der Waals surface area contributed by atoms with E-state index in [1.54, 1.807) is 24.3 Å². The maximum absolute atomic E-state index is 8.98. The van der Waals surface area contributed by atoms with Crippen molar-refractivity contribution < 1.29 is 13.7 Å². The van der Waals surface area contributed by atoms with Crippen molar-refractivity contribution in [1.29, 1.82) is 0 Å². The van der Waals surface area contributed by atoms with E-state index < -0.39 is 48.3 Å². The molecule has 8 aromatic carbocycles. The van der Waals surface area contributed by atoms with E-state index in [0.717, 1.165) is 60.4 Å². The van der Waals surface area contributed by atoms with Crippen molar-refractivity contribution in [1.82, 2.24) is 24.1 Å². The maximum Gasteiger partial charge on any atom is 0.238 e. The van der Waals surface area contributed by atoms with Crippen LogP contribution in [-0.4, -0.2) is 24.1 Å². The van der Waals surface area contributed by atoms with E-state index >= 15 is 0 Å². The number of nitrogens with zero attached hydrogens (tertiary/aromatic N) is 5. The van der Waals surface area contributed by atoms with E-state index in [9.17, 15) is 0 Å². The molecule has 0 bridgehead atoms. The van der Waals surface area contributed by atoms with E-state index in [4.69, 9.17) is 28.7 Å². The number of hydrogen-bond acceptors (Lipinski definition) is 3. The van der Waals surface area contributed by atoms with Gasteiger partial charge in [0.2, 0.25) is 5.95 Å². The van der Waals surface area contributed by atoms with Gasteiger partial charge in [0.05, 0.1) is 35.8 Å². The molecule has 262 valence electrons. The van der Waals surface area contributed by atoms with E-state index in [2.05, 4.69) is 59.2 Å². The van der Waals surface area contributed by atoms with Gasteiger partial charge in [-0.15, -0.1) is 0 Å². The summed E-state index contributed by atoms with van der Waals surface area (Å²) in [6, 6.07) is 40.7. The van der Waals surface area contributed by atoms with E-state index in [-0.39, 0.29) is 40.8 Å². The highest BCUT2D eigenvalue weighted by Crippen LogP contribution is 2.42. The molecule has 11 aromatic rings. The van der Waals surface area contributed by atoms with Gasteiger partial charge in [-0.2, -0.15) is 9.97 Å². The molecule has 0 atom stereocenters. The lowest BCUT2D eigenvalue weighted by molar-refractivity contribution is 0.953. The summed E-state index contributed by atoms with van der Waals surface area (Å²) in [5, 5.41) is 3.79. The topological polar surface area (TPSA) is 48.5 Å². The second-order valence-electron chi connectivity index (χ2n) is 13.3. The Morgan fingerprint density at radius 1 is 0.357 bits per heavy atom. The van der Waals surface area contributed by atoms with Crippen LogP contribution >= 0.6 is 0 Å². The smallest absolute Gasteiger partial charge is 0.238 e. The fourth-order valence-electron chi connectivity index (χ4n) is 7.68. The first-order chi connectivity index (χ1) is 31.9. The first-order valence-electron chi connectivity index (χ1n) is 23.1. The Labute approximate surface area is 337 Å². The van der Waals surface area contributed by atoms with Gasteiger partial charge in [-0.1, -0.05) is 176 Å². The quantitative estimate of drug-likeness (QED) is 0.171. The van der Waals surface area contributed by atoms with Gasteiger partial charge in [0.25, 0.3) is 0 Å². The summed E-state index contributed by atoms with van der Waals surface area (Å²) >= 11 is 0. The third kappa shape index (κ3) is 5.21. The zero-order valence-electron chi connectivity index (χ0n) is 39.5. The Balaban J connectivity index is 1.23. The van der Waals surface area contributed by atoms with E-state index in [1.807, 2.05) is 65.2 Å². The maximum atomic E-state index is 8.98. The van der Waals surface area contributed by atoms with Crippen molar-refractivity contribution in [2.45, 2.75) is 0 Å². The highest BCUT2D eigenvalue weighted by atomic mass is 15.2. The van der Waals surface area contributed by atoms with Crippen molar-refractivity contribution in [2.24, 2.45) is 0 Å². The molecule has 0 saturated heterocycles. The van der Waals surface area contributed by atoms with Crippen LogP contribution in [0.3, 0.4) is 0 Å². The van der Waals surface area contributed by atoms with Gasteiger partial charge in [0.15, 0.2) is 11.6 Å². The highest BCUT2D eigenvalue weighted by molar-refractivity contribution is 6.23. The van der Waals surface area contributed by atoms with Crippen LogP contribution in [0.1, 0.15) is 13.7 Å². The molecular weight excluding hydrogens is 683 g/mol. The molecule has 56 heavy (non-hydrogen) atoms. The highest BCUT2D eigenvalue weighted by Gasteiger charge is 2.23. The summed E-state index contributed by atoms with van der Waals surface area (Å²) in [4.78, 5) is 14.9. The summed E-state index contributed by atoms with van der Waals surface area (Å²) in [6.07, 6.45) is 0. The van der Waals surface area contributed by atoms with E-state index in [0.29, 0.717) is 11.1 Å². The zero-order chi connectivity index (χ0) is 45.7. The van der Waals surface area contributed by atoms with Crippen molar-refractivity contribution in [3.8, 4) is 56.7 Å². The molecule has 0 spiro atoms. The molecule has 0 unspecified atom stereocenters. The van der Waals surface area contributed by atoms with Crippen LogP contribution in [0.5, 0.6) is 0 Å². The van der Waals surface area contributed by atoms with E-state index in [1.165, 1.54) is 0 Å². The minimum Gasteiger partial charge on any atom is -0.307 e. The molecule has 0 radical (unpaired) electrons. The van der Waals surface area contributed by atoms with Crippen molar-refractivity contribution in [2.75, 3.05) is 0 Å². The summed E-state index contributed by atoms with van der Waals surface area (Å²) < 4.78 is 89.3. The molecule has 0 saturated carbocycles. The third-order valence-corrected chi connectivity index (χ3v) is 10.2. The van der Waals surface area contributed by atoms with Crippen molar-refractivity contribution in [3.63, 3.8) is 0 Å². The summed E-state index contributed by atoms with van der Waals surface area (Å²) in [5.41, 5.74) is 6.98. The molecule has 0 aliphatic carbocycles. The molecule has 0 aliphatic rings. The molecule has 5 nitrogen and oxygen atoms in total. The lowest BCUT2D eigenvalue weighted by Gasteiger charge is -2.14. The normalized spacial score (nSPS) is 14.1. The third-order valence-electron chi connectivity index (χ3n) is 10.2. The SMILES string of the molecule is [2H]c1c([2H])c([2H])c(-c2ccc(-c3nc(-c4c([2H])c([2H])c([2H])c([2H])c4[2H])nc(-n4c5ccccc5c5ccc6c7ccccc7n(-c7cccc(-c8ccccc8)c7)c6c54)n3)cc2)c([2H])c1[2H]. The van der Waals surface area contributed by atoms with Crippen LogP contribution < -0.4 is 0 Å². The molecule has 3 aromatic heterocycles. The second-order valence-corrected chi connectivity index (χ2v) is 13.3. The predicted molar refractivity (Wildman–Crippen MR) is 230 cm³/mol. The molecule has 11 rings (SSSR count). The van der Waals surface area contributed by atoms with Crippen LogP contribution in [0.15, 0.2) is 200 Å². The van der Waals surface area contributed by atoms with Crippen LogP contribution in [0.25, 0.3) is 100 Å². The molecule has 3 heterocycles. The minimum absolute atomic E-state index is 0.0303. The second kappa shape index (κ2) is 13.0. The number of hydrogen-bond donors (Lipinski definition) is 0. The Kier molecular flexibility index (Phi) is 5.41. The molecule has 5 heteroatoms. The average molecular weight is 726 g/mol. The predicted octanol–water partition coefficient (Wildman–Crippen LogP) is 12.7. The van der Waals surface area contributed by atoms with Crippen molar-refractivity contribution >= 4 is 43.6 Å². The van der Waals surface area contributed by atoms with Crippen LogP contribution in [0.2, 0.25) is 0 Å². The lowest BCUT2D eigenvalue weighted by Crippen LogP contribution is -2.07. The largest absolute Gasteiger partial charge is 0.307 e. The minimum atomic E-state index is -0.555. The number of aromatic nitrogens is 5. The molecular formula is C51H33N5.